The number of para-hydroxylation sites is 2. The number of hydrogen-bond acceptors (Lipinski definition) is 5. The first kappa shape index (κ1) is 17.2. The van der Waals surface area contributed by atoms with Crippen molar-refractivity contribution in [1.29, 1.82) is 0 Å². The SMILES string of the molecule is O=C(Nc1ccccc1N1CCOCC1)c1ccc([N+](=O)[O-])cc1Cl. The van der Waals surface area contributed by atoms with E-state index in [0.29, 0.717) is 18.9 Å². The van der Waals surface area contributed by atoms with Crippen molar-refractivity contribution in [1.82, 2.24) is 0 Å². The fraction of sp³-hybridized carbons (Fsp3) is 0.235. The number of carbonyl (C=O) groups is 1. The van der Waals surface area contributed by atoms with Crippen LogP contribution in [0.4, 0.5) is 17.1 Å². The number of morpholine rings is 1. The summed E-state index contributed by atoms with van der Waals surface area (Å²) in [4.78, 5) is 24.9. The highest BCUT2D eigenvalue weighted by Gasteiger charge is 2.18. The molecule has 1 aliphatic rings. The van der Waals surface area contributed by atoms with Gasteiger partial charge in [-0.2, -0.15) is 0 Å². The number of benzene rings is 2. The molecule has 7 nitrogen and oxygen atoms in total. The third kappa shape index (κ3) is 3.89. The maximum atomic E-state index is 12.5. The molecule has 1 fully saturated rings. The Hall–Kier alpha value is -2.64. The quantitative estimate of drug-likeness (QED) is 0.667. The maximum absolute atomic E-state index is 12.5. The van der Waals surface area contributed by atoms with E-state index >= 15 is 0 Å². The number of hydrogen-bond donors (Lipinski definition) is 1. The molecule has 8 heteroatoms. The number of rotatable bonds is 4. The van der Waals surface area contributed by atoms with Crippen LogP contribution in [0.2, 0.25) is 5.02 Å². The van der Waals surface area contributed by atoms with Gasteiger partial charge in [0.15, 0.2) is 0 Å². The van der Waals surface area contributed by atoms with Crippen molar-refractivity contribution >= 4 is 34.6 Å². The fourth-order valence-electron chi connectivity index (χ4n) is 2.65. The van der Waals surface area contributed by atoms with Gasteiger partial charge in [-0.1, -0.05) is 23.7 Å². The van der Waals surface area contributed by atoms with Crippen LogP contribution in [0.3, 0.4) is 0 Å². The lowest BCUT2D eigenvalue weighted by molar-refractivity contribution is -0.384. The predicted octanol–water partition coefficient (Wildman–Crippen LogP) is 3.34. The molecule has 0 aromatic heterocycles. The average Bonchev–Trinajstić information content (AvgIpc) is 2.62. The molecule has 0 saturated carbocycles. The van der Waals surface area contributed by atoms with Gasteiger partial charge in [0.25, 0.3) is 11.6 Å². The number of halogens is 1. The minimum Gasteiger partial charge on any atom is -0.378 e. The van der Waals surface area contributed by atoms with E-state index in [1.165, 1.54) is 18.2 Å². The van der Waals surface area contributed by atoms with Crippen molar-refractivity contribution in [2.75, 3.05) is 36.5 Å². The Bertz CT molecular complexity index is 806. The number of anilines is 2. The molecular formula is C17H16ClN3O4. The van der Waals surface area contributed by atoms with E-state index in [-0.39, 0.29) is 16.3 Å². The monoisotopic (exact) mass is 361 g/mol. The molecule has 0 aliphatic carbocycles. The lowest BCUT2D eigenvalue weighted by atomic mass is 10.1. The number of amides is 1. The number of ether oxygens (including phenoxy) is 1. The smallest absolute Gasteiger partial charge is 0.270 e. The van der Waals surface area contributed by atoms with E-state index in [9.17, 15) is 14.9 Å². The molecule has 0 radical (unpaired) electrons. The first-order valence-electron chi connectivity index (χ1n) is 7.73. The molecule has 0 unspecified atom stereocenters. The van der Waals surface area contributed by atoms with Gasteiger partial charge < -0.3 is 15.0 Å². The van der Waals surface area contributed by atoms with Gasteiger partial charge >= 0.3 is 0 Å². The van der Waals surface area contributed by atoms with Gasteiger partial charge in [-0.15, -0.1) is 0 Å². The standard InChI is InChI=1S/C17H16ClN3O4/c18-14-11-12(21(23)24)5-6-13(14)17(22)19-15-3-1-2-4-16(15)20-7-9-25-10-8-20/h1-6,11H,7-10H2,(H,19,22). The molecule has 2 aromatic rings. The normalized spacial score (nSPS) is 14.2. The number of nitro benzene ring substituents is 1. The fourth-order valence-corrected chi connectivity index (χ4v) is 2.91. The molecule has 1 aliphatic heterocycles. The predicted molar refractivity (Wildman–Crippen MR) is 95.5 cm³/mol. The van der Waals surface area contributed by atoms with Gasteiger partial charge in [0.2, 0.25) is 0 Å². The van der Waals surface area contributed by atoms with Gasteiger partial charge in [-0.3, -0.25) is 14.9 Å². The summed E-state index contributed by atoms with van der Waals surface area (Å²) < 4.78 is 5.36. The number of nitro groups is 1. The first-order chi connectivity index (χ1) is 12.1. The molecule has 1 amide bonds. The Balaban J connectivity index is 1.83. The first-order valence-corrected chi connectivity index (χ1v) is 8.11. The Labute approximate surface area is 149 Å². The van der Waals surface area contributed by atoms with Crippen LogP contribution in [0.15, 0.2) is 42.5 Å². The van der Waals surface area contributed by atoms with Gasteiger partial charge in [0, 0.05) is 25.2 Å². The molecule has 1 saturated heterocycles. The second-order valence-corrected chi connectivity index (χ2v) is 5.90. The Morgan fingerprint density at radius 2 is 1.92 bits per heavy atom. The topological polar surface area (TPSA) is 84.7 Å². The summed E-state index contributed by atoms with van der Waals surface area (Å²) in [6.07, 6.45) is 0. The minimum atomic E-state index is -0.554. The molecule has 0 spiro atoms. The molecule has 3 rings (SSSR count). The summed E-state index contributed by atoms with van der Waals surface area (Å²) in [6.45, 7) is 2.75. The second-order valence-electron chi connectivity index (χ2n) is 5.49. The van der Waals surface area contributed by atoms with Crippen LogP contribution < -0.4 is 10.2 Å². The van der Waals surface area contributed by atoms with E-state index in [1.54, 1.807) is 0 Å². The van der Waals surface area contributed by atoms with Gasteiger partial charge in [-0.05, 0) is 18.2 Å². The number of nitrogens with one attached hydrogen (secondary N) is 1. The summed E-state index contributed by atoms with van der Waals surface area (Å²) in [5.41, 5.74) is 1.58. The van der Waals surface area contributed by atoms with Crippen molar-refractivity contribution < 1.29 is 14.5 Å². The molecule has 0 bridgehead atoms. The largest absolute Gasteiger partial charge is 0.378 e. The minimum absolute atomic E-state index is 0.0375. The lowest BCUT2D eigenvalue weighted by Crippen LogP contribution is -2.36. The number of nitrogens with zero attached hydrogens (tertiary/aromatic N) is 2. The van der Waals surface area contributed by atoms with Crippen molar-refractivity contribution in [3.63, 3.8) is 0 Å². The average molecular weight is 362 g/mol. The van der Waals surface area contributed by atoms with Crippen molar-refractivity contribution in [2.24, 2.45) is 0 Å². The summed E-state index contributed by atoms with van der Waals surface area (Å²) in [6, 6.07) is 11.3. The third-order valence-corrected chi connectivity index (χ3v) is 4.22. The van der Waals surface area contributed by atoms with Crippen LogP contribution >= 0.6 is 11.6 Å². The van der Waals surface area contributed by atoms with Crippen LogP contribution in [0, 0.1) is 10.1 Å². The summed E-state index contributed by atoms with van der Waals surface area (Å²) >= 11 is 6.03. The lowest BCUT2D eigenvalue weighted by Gasteiger charge is -2.30. The molecule has 130 valence electrons. The van der Waals surface area contributed by atoms with Crippen LogP contribution in [0.25, 0.3) is 0 Å². The highest BCUT2D eigenvalue weighted by molar-refractivity contribution is 6.34. The molecule has 25 heavy (non-hydrogen) atoms. The van der Waals surface area contributed by atoms with Gasteiger partial charge in [0.05, 0.1) is 40.1 Å². The van der Waals surface area contributed by atoms with E-state index < -0.39 is 10.8 Å². The highest BCUT2D eigenvalue weighted by Crippen LogP contribution is 2.28. The van der Waals surface area contributed by atoms with Crippen molar-refractivity contribution in [3.05, 3.63) is 63.2 Å². The van der Waals surface area contributed by atoms with Crippen LogP contribution in [0.1, 0.15) is 10.4 Å². The zero-order chi connectivity index (χ0) is 17.8. The maximum Gasteiger partial charge on any atom is 0.270 e. The van der Waals surface area contributed by atoms with Crippen molar-refractivity contribution in [3.8, 4) is 0 Å². The zero-order valence-electron chi connectivity index (χ0n) is 13.3. The Morgan fingerprint density at radius 3 is 2.60 bits per heavy atom. The summed E-state index contributed by atoms with van der Waals surface area (Å²) in [5.74, 6) is -0.416. The zero-order valence-corrected chi connectivity index (χ0v) is 14.0. The number of carbonyl (C=O) groups excluding carboxylic acids is 1. The van der Waals surface area contributed by atoms with E-state index in [0.717, 1.165) is 18.8 Å². The third-order valence-electron chi connectivity index (χ3n) is 3.91. The molecule has 1 heterocycles. The summed E-state index contributed by atoms with van der Waals surface area (Å²) in [7, 11) is 0. The Morgan fingerprint density at radius 1 is 1.20 bits per heavy atom. The van der Waals surface area contributed by atoms with E-state index in [1.807, 2.05) is 24.3 Å². The van der Waals surface area contributed by atoms with E-state index in [4.69, 9.17) is 16.3 Å². The van der Waals surface area contributed by atoms with Crippen LogP contribution in [0.5, 0.6) is 0 Å². The molecular weight excluding hydrogens is 346 g/mol. The van der Waals surface area contributed by atoms with E-state index in [2.05, 4.69) is 10.2 Å². The van der Waals surface area contributed by atoms with Gasteiger partial charge in [0.1, 0.15) is 0 Å². The highest BCUT2D eigenvalue weighted by atomic mass is 35.5. The van der Waals surface area contributed by atoms with Gasteiger partial charge in [-0.25, -0.2) is 0 Å². The number of non-ortho nitro benzene ring substituents is 1. The van der Waals surface area contributed by atoms with Crippen LogP contribution in [-0.4, -0.2) is 37.1 Å². The molecule has 0 atom stereocenters. The molecule has 2 aromatic carbocycles. The second kappa shape index (κ2) is 7.50. The Kier molecular flexibility index (Phi) is 5.16. The molecule has 1 N–H and O–H groups in total. The summed E-state index contributed by atoms with van der Waals surface area (Å²) in [5, 5.41) is 13.7. The van der Waals surface area contributed by atoms with Crippen molar-refractivity contribution in [2.45, 2.75) is 0 Å². The van der Waals surface area contributed by atoms with Crippen LogP contribution in [-0.2, 0) is 4.74 Å².